The fourth-order valence-electron chi connectivity index (χ4n) is 9.13. The van der Waals surface area contributed by atoms with Gasteiger partial charge in [0.25, 0.3) is 0 Å². The van der Waals surface area contributed by atoms with Gasteiger partial charge >= 0.3 is 0 Å². The van der Waals surface area contributed by atoms with E-state index in [9.17, 15) is 0 Å². The Bertz CT molecular complexity index is 3540. The number of fused-ring (bicyclic) bond motifs is 4. The Hall–Kier alpha value is -7.53. The lowest BCUT2D eigenvalue weighted by Gasteiger charge is -2.25. The van der Waals surface area contributed by atoms with E-state index >= 15 is 0 Å². The minimum Gasteiger partial charge on any atom is -0.310 e. The lowest BCUT2D eigenvalue weighted by molar-refractivity contribution is 1.14. The summed E-state index contributed by atoms with van der Waals surface area (Å²) in [6.07, 6.45) is 8.28. The number of rotatable bonds is 7. The van der Waals surface area contributed by atoms with Gasteiger partial charge in [-0.05, 0) is 117 Å². The molecule has 0 fully saturated rings. The molecule has 3 nitrogen and oxygen atoms in total. The Morgan fingerprint density at radius 2 is 1.22 bits per heavy atom. The number of thiophene rings is 1. The SMILES string of the molecule is C(=Cc1ccc(-c2cc3ccc4cccc5c4c3c(c2)n5-c2cccnc2)c2ccccc12)c1ccc(N(c2ccccc2)c2ccc3c(c2)sc2ccccc23)cc1. The fourth-order valence-corrected chi connectivity index (χ4v) is 10.3. The summed E-state index contributed by atoms with van der Waals surface area (Å²) in [5.41, 5.74) is 11.6. The van der Waals surface area contributed by atoms with E-state index in [4.69, 9.17) is 0 Å². The second-order valence-corrected chi connectivity index (χ2v) is 16.3. The number of benzene rings is 9. The van der Waals surface area contributed by atoms with E-state index in [-0.39, 0.29) is 0 Å². The number of pyridine rings is 1. The molecule has 0 saturated carbocycles. The molecule has 3 aromatic heterocycles. The van der Waals surface area contributed by atoms with Gasteiger partial charge in [0.2, 0.25) is 0 Å². The van der Waals surface area contributed by atoms with Crippen LogP contribution in [0.2, 0.25) is 0 Å². The third kappa shape index (κ3) is 5.53. The summed E-state index contributed by atoms with van der Waals surface area (Å²) in [6.45, 7) is 0. The molecule has 3 heterocycles. The normalized spacial score (nSPS) is 12.0. The van der Waals surface area contributed by atoms with Crippen molar-refractivity contribution in [3.05, 3.63) is 212 Å². The van der Waals surface area contributed by atoms with E-state index < -0.39 is 0 Å². The van der Waals surface area contributed by atoms with Gasteiger partial charge in [-0.2, -0.15) is 0 Å². The molecule has 0 radical (unpaired) electrons. The van der Waals surface area contributed by atoms with Crippen LogP contribution in [0.15, 0.2) is 200 Å². The second kappa shape index (κ2) is 13.6. The minimum atomic E-state index is 1.06. The van der Waals surface area contributed by atoms with Crippen LogP contribution in [0.4, 0.5) is 17.1 Å². The first-order valence-electron chi connectivity index (χ1n) is 20.0. The van der Waals surface area contributed by atoms with Crippen LogP contribution >= 0.6 is 11.3 Å². The fraction of sp³-hybridized carbons (Fsp3) is 0. The Morgan fingerprint density at radius 3 is 2.08 bits per heavy atom. The number of aromatic nitrogens is 2. The highest BCUT2D eigenvalue weighted by Crippen LogP contribution is 2.43. The Morgan fingerprint density at radius 1 is 0.475 bits per heavy atom. The maximum atomic E-state index is 4.49. The highest BCUT2D eigenvalue weighted by atomic mass is 32.1. The smallest absolute Gasteiger partial charge is 0.0645 e. The predicted octanol–water partition coefficient (Wildman–Crippen LogP) is 15.6. The van der Waals surface area contributed by atoms with Crippen LogP contribution in [-0.4, -0.2) is 9.55 Å². The first-order valence-corrected chi connectivity index (χ1v) is 20.8. The molecule has 9 aromatic carbocycles. The van der Waals surface area contributed by atoms with Crippen LogP contribution < -0.4 is 4.90 Å². The van der Waals surface area contributed by atoms with Crippen LogP contribution in [0, 0.1) is 0 Å². The molecule has 0 bridgehead atoms. The van der Waals surface area contributed by atoms with Crippen molar-refractivity contribution in [2.75, 3.05) is 4.90 Å². The zero-order chi connectivity index (χ0) is 38.9. The van der Waals surface area contributed by atoms with Gasteiger partial charge in [0.05, 0.1) is 22.9 Å². The predicted molar refractivity (Wildman–Crippen MR) is 253 cm³/mol. The molecular weight excluding hydrogens is 735 g/mol. The topological polar surface area (TPSA) is 21.1 Å². The largest absolute Gasteiger partial charge is 0.310 e. The van der Waals surface area contributed by atoms with Gasteiger partial charge in [-0.3, -0.25) is 4.98 Å². The average Bonchev–Trinajstić information content (AvgIpc) is 3.84. The van der Waals surface area contributed by atoms with Crippen molar-refractivity contribution < 1.29 is 0 Å². The highest BCUT2D eigenvalue weighted by Gasteiger charge is 2.19. The van der Waals surface area contributed by atoms with Crippen molar-refractivity contribution in [2.24, 2.45) is 0 Å². The van der Waals surface area contributed by atoms with Crippen LogP contribution in [-0.2, 0) is 0 Å². The molecule has 12 rings (SSSR count). The number of anilines is 3. The van der Waals surface area contributed by atoms with Crippen LogP contribution in [0.3, 0.4) is 0 Å². The Balaban J connectivity index is 0.910. The summed E-state index contributed by atoms with van der Waals surface area (Å²) in [6, 6.07) is 68.4. The first-order chi connectivity index (χ1) is 29.2. The molecule has 0 unspecified atom stereocenters. The van der Waals surface area contributed by atoms with Gasteiger partial charge < -0.3 is 9.47 Å². The summed E-state index contributed by atoms with van der Waals surface area (Å²) >= 11 is 1.85. The molecule has 4 heteroatoms. The van der Waals surface area contributed by atoms with Crippen LogP contribution in [0.5, 0.6) is 0 Å². The van der Waals surface area contributed by atoms with Gasteiger partial charge in [0.1, 0.15) is 0 Å². The quantitative estimate of drug-likeness (QED) is 0.119. The molecule has 276 valence electrons. The van der Waals surface area contributed by atoms with Crippen molar-refractivity contribution in [1.82, 2.24) is 9.55 Å². The maximum Gasteiger partial charge on any atom is 0.0645 e. The van der Waals surface area contributed by atoms with Gasteiger partial charge in [-0.25, -0.2) is 0 Å². The van der Waals surface area contributed by atoms with E-state index in [2.05, 4.69) is 209 Å². The zero-order valence-electron chi connectivity index (χ0n) is 32.0. The molecule has 0 atom stereocenters. The number of hydrogen-bond donors (Lipinski definition) is 0. The van der Waals surface area contributed by atoms with Crippen molar-refractivity contribution in [2.45, 2.75) is 0 Å². The van der Waals surface area contributed by atoms with Crippen molar-refractivity contribution >= 4 is 104 Å². The number of nitrogens with zero attached hydrogens (tertiary/aromatic N) is 3. The minimum absolute atomic E-state index is 1.06. The monoisotopic (exact) mass is 769 g/mol. The first kappa shape index (κ1) is 33.6. The molecule has 0 spiro atoms. The van der Waals surface area contributed by atoms with Gasteiger partial charge in [0, 0.05) is 54.2 Å². The van der Waals surface area contributed by atoms with Gasteiger partial charge in [0.15, 0.2) is 0 Å². The van der Waals surface area contributed by atoms with Gasteiger partial charge in [-0.1, -0.05) is 127 Å². The van der Waals surface area contributed by atoms with Crippen LogP contribution in [0.25, 0.3) is 92.5 Å². The van der Waals surface area contributed by atoms with E-state index in [0.717, 1.165) is 28.3 Å². The Labute approximate surface area is 345 Å². The van der Waals surface area contributed by atoms with E-state index in [1.165, 1.54) is 80.2 Å². The molecule has 0 N–H and O–H groups in total. The standard InChI is InChI=1S/C55H35N3S/c1-2-11-41(12-3-1)57(43-28-30-49-48-16-6-7-18-52(48)59-53(49)34-43)42-26-20-36(21-27-42)19-22-37-25-29-46(47-15-5-4-14-45(37)47)40-32-39-24-23-38-10-8-17-50-54(38)55(39)51(33-40)58(50)44-13-9-31-56-35-44/h1-35H. The zero-order valence-corrected chi connectivity index (χ0v) is 32.8. The molecule has 0 saturated heterocycles. The molecule has 0 aliphatic rings. The summed E-state index contributed by atoms with van der Waals surface area (Å²) < 4.78 is 4.98. The second-order valence-electron chi connectivity index (χ2n) is 15.2. The molecular formula is C55H35N3S. The third-order valence-electron chi connectivity index (χ3n) is 11.8. The highest BCUT2D eigenvalue weighted by molar-refractivity contribution is 7.25. The van der Waals surface area contributed by atoms with Crippen LogP contribution in [0.1, 0.15) is 11.1 Å². The molecule has 0 aliphatic carbocycles. The molecule has 59 heavy (non-hydrogen) atoms. The van der Waals surface area contributed by atoms with E-state index in [1.54, 1.807) is 0 Å². The average molecular weight is 770 g/mol. The Kier molecular flexibility index (Phi) is 7.72. The molecule has 0 aliphatic heterocycles. The molecule has 12 aromatic rings. The lowest BCUT2D eigenvalue weighted by atomic mass is 9.92. The summed E-state index contributed by atoms with van der Waals surface area (Å²) in [5.74, 6) is 0. The van der Waals surface area contributed by atoms with Crippen molar-refractivity contribution in [3.63, 3.8) is 0 Å². The number of hydrogen-bond acceptors (Lipinski definition) is 3. The lowest BCUT2D eigenvalue weighted by Crippen LogP contribution is -2.09. The number of para-hydroxylation sites is 1. The van der Waals surface area contributed by atoms with E-state index in [0.29, 0.717) is 0 Å². The van der Waals surface area contributed by atoms with Crippen molar-refractivity contribution in [1.29, 1.82) is 0 Å². The van der Waals surface area contributed by atoms with Gasteiger partial charge in [-0.15, -0.1) is 11.3 Å². The van der Waals surface area contributed by atoms with E-state index in [1.807, 2.05) is 29.8 Å². The summed E-state index contributed by atoms with van der Waals surface area (Å²) in [5, 5.41) is 10.2. The maximum absolute atomic E-state index is 4.49. The van der Waals surface area contributed by atoms with Crippen molar-refractivity contribution in [3.8, 4) is 16.8 Å². The summed E-state index contributed by atoms with van der Waals surface area (Å²) in [7, 11) is 0. The third-order valence-corrected chi connectivity index (χ3v) is 12.9. The molecule has 0 amide bonds. The summed E-state index contributed by atoms with van der Waals surface area (Å²) in [4.78, 5) is 6.84.